The summed E-state index contributed by atoms with van der Waals surface area (Å²) in [6.07, 6.45) is 1.65. The van der Waals surface area contributed by atoms with Crippen LogP contribution in [0.4, 0.5) is 5.82 Å². The number of nitrogens with zero attached hydrogens (tertiary/aromatic N) is 2. The molecule has 0 aliphatic heterocycles. The number of carbonyl (C=O) groups excluding carboxylic acids is 1. The number of benzene rings is 1. The third-order valence-electron chi connectivity index (χ3n) is 1.95. The maximum absolute atomic E-state index is 10.9. The van der Waals surface area contributed by atoms with Gasteiger partial charge in [-0.2, -0.15) is 5.10 Å². The fourth-order valence-electron chi connectivity index (χ4n) is 1.35. The van der Waals surface area contributed by atoms with Crippen LogP contribution in [0, 0.1) is 0 Å². The molecule has 2 aromatic rings. The van der Waals surface area contributed by atoms with Crippen molar-refractivity contribution in [3.05, 3.63) is 42.6 Å². The molecule has 0 spiro atoms. The van der Waals surface area contributed by atoms with Gasteiger partial charge < -0.3 is 5.32 Å². The first kappa shape index (κ1) is 13.0. The molecule has 0 saturated heterocycles. The molecule has 0 radical (unpaired) electrons. The predicted molar refractivity (Wildman–Crippen MR) is 69.2 cm³/mol. The molecule has 17 heavy (non-hydrogen) atoms. The molecule has 0 atom stereocenters. The summed E-state index contributed by atoms with van der Waals surface area (Å²) in [4.78, 5) is 10.9. The molecule has 1 heterocycles. The van der Waals surface area contributed by atoms with Crippen molar-refractivity contribution in [2.45, 2.75) is 20.8 Å². The lowest BCUT2D eigenvalue weighted by atomic mass is 10.3. The molecule has 90 valence electrons. The molecule has 0 bridgehead atoms. The average molecular weight is 231 g/mol. The Morgan fingerprint density at radius 2 is 1.82 bits per heavy atom. The van der Waals surface area contributed by atoms with Crippen LogP contribution in [0.5, 0.6) is 0 Å². The quantitative estimate of drug-likeness (QED) is 0.863. The Balaban J connectivity index is 0.000000686. The van der Waals surface area contributed by atoms with Crippen molar-refractivity contribution in [3.8, 4) is 5.69 Å². The van der Waals surface area contributed by atoms with E-state index in [1.807, 2.05) is 44.2 Å². The molecule has 1 aromatic heterocycles. The molecule has 0 aliphatic rings. The van der Waals surface area contributed by atoms with Crippen molar-refractivity contribution in [1.82, 2.24) is 9.78 Å². The van der Waals surface area contributed by atoms with E-state index >= 15 is 0 Å². The molecule has 0 fully saturated rings. The van der Waals surface area contributed by atoms with Crippen LogP contribution in [0.15, 0.2) is 42.6 Å². The Morgan fingerprint density at radius 1 is 1.18 bits per heavy atom. The van der Waals surface area contributed by atoms with E-state index in [4.69, 9.17) is 0 Å². The molecule has 4 nitrogen and oxygen atoms in total. The summed E-state index contributed by atoms with van der Waals surface area (Å²) in [6, 6.07) is 11.4. The van der Waals surface area contributed by atoms with Crippen LogP contribution in [0.2, 0.25) is 0 Å². The first-order chi connectivity index (χ1) is 8.27. The van der Waals surface area contributed by atoms with Crippen LogP contribution >= 0.6 is 0 Å². The number of amides is 1. The molecular weight excluding hydrogens is 214 g/mol. The normalized spacial score (nSPS) is 9.12. The van der Waals surface area contributed by atoms with Gasteiger partial charge in [0.2, 0.25) is 5.91 Å². The lowest BCUT2D eigenvalue weighted by molar-refractivity contribution is -0.114. The highest BCUT2D eigenvalue weighted by molar-refractivity contribution is 5.87. The number of rotatable bonds is 2. The summed E-state index contributed by atoms with van der Waals surface area (Å²) >= 11 is 0. The summed E-state index contributed by atoms with van der Waals surface area (Å²) < 4.78 is 1.68. The van der Waals surface area contributed by atoms with Crippen LogP contribution in [-0.2, 0) is 4.79 Å². The molecule has 0 saturated carbocycles. The SMILES string of the molecule is CC.CC(=O)Nc1ccnn1-c1ccccc1. The Hall–Kier alpha value is -2.10. The number of aromatic nitrogens is 2. The van der Waals surface area contributed by atoms with E-state index in [0.29, 0.717) is 5.82 Å². The van der Waals surface area contributed by atoms with Crippen molar-refractivity contribution < 1.29 is 4.79 Å². The summed E-state index contributed by atoms with van der Waals surface area (Å²) in [5.41, 5.74) is 0.922. The maximum atomic E-state index is 10.9. The van der Waals surface area contributed by atoms with E-state index in [1.165, 1.54) is 6.92 Å². The molecule has 1 aromatic carbocycles. The summed E-state index contributed by atoms with van der Waals surface area (Å²) in [7, 11) is 0. The van der Waals surface area contributed by atoms with Crippen molar-refractivity contribution in [1.29, 1.82) is 0 Å². The number of hydrogen-bond acceptors (Lipinski definition) is 2. The fourth-order valence-corrected chi connectivity index (χ4v) is 1.35. The highest BCUT2D eigenvalue weighted by Crippen LogP contribution is 2.13. The highest BCUT2D eigenvalue weighted by Gasteiger charge is 2.04. The smallest absolute Gasteiger partial charge is 0.222 e. The van der Waals surface area contributed by atoms with Gasteiger partial charge in [0.25, 0.3) is 0 Å². The third-order valence-corrected chi connectivity index (χ3v) is 1.95. The largest absolute Gasteiger partial charge is 0.311 e. The number of nitrogens with one attached hydrogen (secondary N) is 1. The first-order valence-corrected chi connectivity index (χ1v) is 5.64. The van der Waals surface area contributed by atoms with Crippen LogP contribution in [0.3, 0.4) is 0 Å². The monoisotopic (exact) mass is 231 g/mol. The maximum Gasteiger partial charge on any atom is 0.222 e. The van der Waals surface area contributed by atoms with Gasteiger partial charge in [-0.15, -0.1) is 0 Å². The molecule has 1 amide bonds. The van der Waals surface area contributed by atoms with Crippen molar-refractivity contribution in [2.24, 2.45) is 0 Å². The minimum atomic E-state index is -0.104. The van der Waals surface area contributed by atoms with E-state index in [1.54, 1.807) is 16.9 Å². The van der Waals surface area contributed by atoms with Crippen LogP contribution in [-0.4, -0.2) is 15.7 Å². The molecular formula is C13H17N3O. The van der Waals surface area contributed by atoms with Crippen molar-refractivity contribution >= 4 is 11.7 Å². The Morgan fingerprint density at radius 3 is 2.41 bits per heavy atom. The average Bonchev–Trinajstić information content (AvgIpc) is 2.80. The van der Waals surface area contributed by atoms with E-state index in [2.05, 4.69) is 10.4 Å². The lowest BCUT2D eigenvalue weighted by Crippen LogP contribution is -2.10. The fraction of sp³-hybridized carbons (Fsp3) is 0.231. The zero-order valence-electron chi connectivity index (χ0n) is 10.3. The lowest BCUT2D eigenvalue weighted by Gasteiger charge is -2.06. The van der Waals surface area contributed by atoms with Gasteiger partial charge in [0.15, 0.2) is 0 Å². The third kappa shape index (κ3) is 3.45. The van der Waals surface area contributed by atoms with Gasteiger partial charge in [-0.05, 0) is 12.1 Å². The zero-order chi connectivity index (χ0) is 12.7. The van der Waals surface area contributed by atoms with Crippen molar-refractivity contribution in [2.75, 3.05) is 5.32 Å². The van der Waals surface area contributed by atoms with Gasteiger partial charge >= 0.3 is 0 Å². The van der Waals surface area contributed by atoms with Gasteiger partial charge in [-0.3, -0.25) is 4.79 Å². The van der Waals surface area contributed by atoms with E-state index in [0.717, 1.165) is 5.69 Å². The Bertz CT molecular complexity index is 463. The van der Waals surface area contributed by atoms with Gasteiger partial charge in [0.05, 0.1) is 11.9 Å². The minimum absolute atomic E-state index is 0.104. The number of anilines is 1. The van der Waals surface area contributed by atoms with E-state index in [9.17, 15) is 4.79 Å². The van der Waals surface area contributed by atoms with Crippen molar-refractivity contribution in [3.63, 3.8) is 0 Å². The van der Waals surface area contributed by atoms with E-state index < -0.39 is 0 Å². The van der Waals surface area contributed by atoms with Gasteiger partial charge in [-0.1, -0.05) is 32.0 Å². The van der Waals surface area contributed by atoms with Crippen LogP contribution < -0.4 is 5.32 Å². The minimum Gasteiger partial charge on any atom is -0.311 e. The highest BCUT2D eigenvalue weighted by atomic mass is 16.1. The Kier molecular flexibility index (Phi) is 4.94. The number of hydrogen-bond donors (Lipinski definition) is 1. The van der Waals surface area contributed by atoms with Crippen LogP contribution in [0.1, 0.15) is 20.8 Å². The second kappa shape index (κ2) is 6.48. The topological polar surface area (TPSA) is 46.9 Å². The van der Waals surface area contributed by atoms with Gasteiger partial charge in [-0.25, -0.2) is 4.68 Å². The van der Waals surface area contributed by atoms with E-state index in [-0.39, 0.29) is 5.91 Å². The summed E-state index contributed by atoms with van der Waals surface area (Å²) in [6.45, 7) is 5.47. The predicted octanol–water partition coefficient (Wildman–Crippen LogP) is 2.86. The number of carbonyl (C=O) groups is 1. The summed E-state index contributed by atoms with van der Waals surface area (Å²) in [5, 5.41) is 6.85. The molecule has 4 heteroatoms. The Labute approximate surface area is 101 Å². The molecule has 0 unspecified atom stereocenters. The first-order valence-electron chi connectivity index (χ1n) is 5.64. The molecule has 1 N–H and O–H groups in total. The second-order valence-electron chi connectivity index (χ2n) is 3.14. The molecule has 0 aliphatic carbocycles. The molecule has 2 rings (SSSR count). The zero-order valence-corrected chi connectivity index (χ0v) is 10.3. The standard InChI is InChI=1S/C11H11N3O.C2H6/c1-9(15)13-11-7-8-12-14(11)10-5-3-2-4-6-10;1-2/h2-8H,1H3,(H,13,15);1-2H3. The van der Waals surface area contributed by atoms with Gasteiger partial charge in [0, 0.05) is 13.0 Å². The van der Waals surface area contributed by atoms with Gasteiger partial charge in [0.1, 0.15) is 5.82 Å². The second-order valence-corrected chi connectivity index (χ2v) is 3.14. The summed E-state index contributed by atoms with van der Waals surface area (Å²) in [5.74, 6) is 0.571. The van der Waals surface area contributed by atoms with Crippen LogP contribution in [0.25, 0.3) is 5.69 Å². The number of para-hydroxylation sites is 1.